The van der Waals surface area contributed by atoms with Crippen molar-refractivity contribution in [3.63, 3.8) is 0 Å². The third-order valence-electron chi connectivity index (χ3n) is 4.03. The topological polar surface area (TPSA) is 51.6 Å². The molecule has 1 fully saturated rings. The van der Waals surface area contributed by atoms with Gasteiger partial charge in [-0.15, -0.1) is 0 Å². The van der Waals surface area contributed by atoms with Gasteiger partial charge >= 0.3 is 0 Å². The van der Waals surface area contributed by atoms with E-state index in [0.717, 1.165) is 44.1 Å². The molecule has 1 aromatic heterocycles. The summed E-state index contributed by atoms with van der Waals surface area (Å²) >= 11 is 0. The lowest BCUT2D eigenvalue weighted by molar-refractivity contribution is -0.0406. The molecule has 2 heterocycles. The molecule has 0 aromatic carbocycles. The highest BCUT2D eigenvalue weighted by atomic mass is 16.5. The number of rotatable bonds is 5. The zero-order valence-electron chi connectivity index (χ0n) is 12.3. The Morgan fingerprint density at radius 1 is 1.42 bits per heavy atom. The van der Waals surface area contributed by atoms with Gasteiger partial charge in [0.15, 0.2) is 0 Å². The van der Waals surface area contributed by atoms with Gasteiger partial charge in [-0.3, -0.25) is 4.90 Å². The van der Waals surface area contributed by atoms with Crippen LogP contribution < -0.4 is 5.73 Å². The fraction of sp³-hybridized carbons (Fsp3) is 0.733. The Morgan fingerprint density at radius 2 is 2.21 bits per heavy atom. The fourth-order valence-corrected chi connectivity index (χ4v) is 2.84. The summed E-state index contributed by atoms with van der Waals surface area (Å²) < 4.78 is 11.4. The summed E-state index contributed by atoms with van der Waals surface area (Å²) in [7, 11) is 0. The molecule has 2 N–H and O–H groups in total. The van der Waals surface area contributed by atoms with Crippen molar-refractivity contribution < 1.29 is 9.15 Å². The van der Waals surface area contributed by atoms with Crippen molar-refractivity contribution in [3.8, 4) is 0 Å². The highest BCUT2D eigenvalue weighted by Crippen LogP contribution is 2.30. The van der Waals surface area contributed by atoms with Crippen LogP contribution in [0.5, 0.6) is 0 Å². The lowest BCUT2D eigenvalue weighted by Gasteiger charge is -2.42. The monoisotopic (exact) mass is 266 g/mol. The van der Waals surface area contributed by atoms with Crippen molar-refractivity contribution in [2.24, 2.45) is 5.73 Å². The molecule has 0 spiro atoms. The Morgan fingerprint density at radius 3 is 2.79 bits per heavy atom. The van der Waals surface area contributed by atoms with Gasteiger partial charge in [0.1, 0.15) is 11.5 Å². The summed E-state index contributed by atoms with van der Waals surface area (Å²) in [6, 6.07) is 4.77. The first-order valence-electron chi connectivity index (χ1n) is 7.32. The van der Waals surface area contributed by atoms with Crippen LogP contribution in [-0.4, -0.2) is 36.7 Å². The van der Waals surface area contributed by atoms with Crippen LogP contribution in [0.15, 0.2) is 16.5 Å². The average molecular weight is 266 g/mol. The van der Waals surface area contributed by atoms with E-state index >= 15 is 0 Å². The van der Waals surface area contributed by atoms with E-state index in [0.29, 0.717) is 6.04 Å². The van der Waals surface area contributed by atoms with Crippen LogP contribution in [0.25, 0.3) is 0 Å². The van der Waals surface area contributed by atoms with Crippen molar-refractivity contribution in [1.82, 2.24) is 4.90 Å². The molecule has 0 aliphatic carbocycles. The van der Waals surface area contributed by atoms with Gasteiger partial charge in [-0.25, -0.2) is 0 Å². The van der Waals surface area contributed by atoms with E-state index in [9.17, 15) is 0 Å². The van der Waals surface area contributed by atoms with Gasteiger partial charge in [0, 0.05) is 18.6 Å². The maximum Gasteiger partial charge on any atom is 0.122 e. The minimum absolute atomic E-state index is 0.0951. The molecule has 108 valence electrons. The zero-order valence-corrected chi connectivity index (χ0v) is 12.3. The lowest BCUT2D eigenvalue weighted by atomic mass is 9.98. The fourth-order valence-electron chi connectivity index (χ4n) is 2.84. The lowest BCUT2D eigenvalue weighted by Crippen LogP contribution is -2.51. The minimum atomic E-state index is 0.0951. The number of hydrogen-bond acceptors (Lipinski definition) is 4. The Balaban J connectivity index is 2.26. The van der Waals surface area contributed by atoms with Gasteiger partial charge in [-0.1, -0.05) is 13.8 Å². The number of furan rings is 1. The zero-order chi connectivity index (χ0) is 13.8. The van der Waals surface area contributed by atoms with Crippen LogP contribution >= 0.6 is 0 Å². The van der Waals surface area contributed by atoms with Gasteiger partial charge < -0.3 is 14.9 Å². The molecule has 0 bridgehead atoms. The second-order valence-corrected chi connectivity index (χ2v) is 5.34. The molecule has 1 aromatic rings. The first kappa shape index (κ1) is 14.6. The summed E-state index contributed by atoms with van der Waals surface area (Å²) in [4.78, 5) is 2.47. The second kappa shape index (κ2) is 6.55. The third-order valence-corrected chi connectivity index (χ3v) is 4.03. The number of nitrogens with zero attached hydrogens (tertiary/aromatic N) is 1. The van der Waals surface area contributed by atoms with Gasteiger partial charge in [0.05, 0.1) is 19.3 Å². The Bertz CT molecular complexity index is 391. The quantitative estimate of drug-likeness (QED) is 0.889. The number of ether oxygens (including phenoxy) is 1. The maximum absolute atomic E-state index is 6.36. The van der Waals surface area contributed by atoms with Gasteiger partial charge in [-0.2, -0.15) is 0 Å². The number of aryl methyl sites for hydroxylation is 1. The van der Waals surface area contributed by atoms with Crippen LogP contribution in [0.3, 0.4) is 0 Å². The van der Waals surface area contributed by atoms with E-state index in [2.05, 4.69) is 24.8 Å². The van der Waals surface area contributed by atoms with Gasteiger partial charge in [0.2, 0.25) is 0 Å². The summed E-state index contributed by atoms with van der Waals surface area (Å²) in [5, 5.41) is 0. The molecule has 2 rings (SSSR count). The third kappa shape index (κ3) is 3.19. The van der Waals surface area contributed by atoms with Crippen molar-refractivity contribution >= 4 is 0 Å². The van der Waals surface area contributed by atoms with E-state index < -0.39 is 0 Å². The summed E-state index contributed by atoms with van der Waals surface area (Å²) in [5.74, 6) is 1.94. The average Bonchev–Trinajstić information content (AvgIpc) is 2.85. The summed E-state index contributed by atoms with van der Waals surface area (Å²) in [6.45, 7) is 8.82. The normalized spacial score (nSPS) is 24.3. The predicted molar refractivity (Wildman–Crippen MR) is 76.1 cm³/mol. The Labute approximate surface area is 115 Å². The molecule has 0 amide bonds. The van der Waals surface area contributed by atoms with Crippen molar-refractivity contribution in [3.05, 3.63) is 23.7 Å². The molecule has 4 heteroatoms. The molecular weight excluding hydrogens is 240 g/mol. The van der Waals surface area contributed by atoms with E-state index in [-0.39, 0.29) is 12.1 Å². The van der Waals surface area contributed by atoms with E-state index in [1.54, 1.807) is 0 Å². The highest BCUT2D eigenvalue weighted by molar-refractivity contribution is 5.13. The Hall–Kier alpha value is -0.840. The van der Waals surface area contributed by atoms with Crippen molar-refractivity contribution in [1.29, 1.82) is 0 Å². The maximum atomic E-state index is 6.36. The summed E-state index contributed by atoms with van der Waals surface area (Å²) in [6.07, 6.45) is 2.02. The number of hydrogen-bond donors (Lipinski definition) is 1. The first-order chi connectivity index (χ1) is 9.17. The van der Waals surface area contributed by atoms with Crippen LogP contribution in [0.1, 0.15) is 44.3 Å². The predicted octanol–water partition coefficient (Wildman–Crippen LogP) is 2.48. The molecular formula is C15H26N2O2. The summed E-state index contributed by atoms with van der Waals surface area (Å²) in [5.41, 5.74) is 6.36. The molecule has 0 radical (unpaired) electrons. The largest absolute Gasteiger partial charge is 0.465 e. The van der Waals surface area contributed by atoms with Crippen molar-refractivity contribution in [2.75, 3.05) is 19.8 Å². The van der Waals surface area contributed by atoms with Crippen LogP contribution in [0.2, 0.25) is 0 Å². The molecule has 19 heavy (non-hydrogen) atoms. The van der Waals surface area contributed by atoms with Crippen LogP contribution in [0.4, 0.5) is 0 Å². The first-order valence-corrected chi connectivity index (χ1v) is 7.32. The van der Waals surface area contributed by atoms with E-state index in [4.69, 9.17) is 14.9 Å². The molecule has 3 atom stereocenters. The number of nitrogens with two attached hydrogens (primary N) is 1. The molecule has 3 unspecified atom stereocenters. The minimum Gasteiger partial charge on any atom is -0.465 e. The van der Waals surface area contributed by atoms with Gasteiger partial charge in [0.25, 0.3) is 0 Å². The standard InChI is InChI=1S/C15H26N2O2/c1-4-12-10-18-9-8-17(12)15(13(16)5-2)14-7-6-11(3)19-14/h6-7,12-13,15H,4-5,8-10,16H2,1-3H3. The SMILES string of the molecule is CCC(N)C(c1ccc(C)o1)N1CCOCC1CC. The van der Waals surface area contributed by atoms with Crippen LogP contribution in [0, 0.1) is 6.92 Å². The molecule has 1 aliphatic rings. The highest BCUT2D eigenvalue weighted by Gasteiger charge is 2.34. The Kier molecular flexibility index (Phi) is 5.02. The van der Waals surface area contributed by atoms with E-state index in [1.165, 1.54) is 0 Å². The van der Waals surface area contributed by atoms with Gasteiger partial charge in [-0.05, 0) is 31.9 Å². The van der Waals surface area contributed by atoms with Crippen molar-refractivity contribution in [2.45, 2.75) is 51.7 Å². The van der Waals surface area contributed by atoms with E-state index in [1.807, 2.05) is 13.0 Å². The molecule has 4 nitrogen and oxygen atoms in total. The smallest absolute Gasteiger partial charge is 0.122 e. The molecule has 0 saturated carbocycles. The molecule has 1 aliphatic heterocycles. The molecule has 1 saturated heterocycles. The van der Waals surface area contributed by atoms with Crippen LogP contribution in [-0.2, 0) is 4.74 Å². The number of morpholine rings is 1. The second-order valence-electron chi connectivity index (χ2n) is 5.34.